The Morgan fingerprint density at radius 2 is 2.00 bits per heavy atom. The fourth-order valence-corrected chi connectivity index (χ4v) is 3.14. The molecule has 0 aromatic carbocycles. The lowest BCUT2D eigenvalue weighted by atomic mass is 10.1. The van der Waals surface area contributed by atoms with Crippen molar-refractivity contribution in [3.8, 4) is 0 Å². The maximum Gasteiger partial charge on any atom is 0.317 e. The summed E-state index contributed by atoms with van der Waals surface area (Å²) in [5.74, 6) is 0.354. The van der Waals surface area contributed by atoms with Gasteiger partial charge in [-0.05, 0) is 19.8 Å². The number of carbonyl (C=O) groups is 2. The molecule has 0 radical (unpaired) electrons. The van der Waals surface area contributed by atoms with Gasteiger partial charge in [-0.3, -0.25) is 9.00 Å². The van der Waals surface area contributed by atoms with E-state index in [-0.39, 0.29) is 25.0 Å². The first-order valence-electron chi connectivity index (χ1n) is 6.15. The molecule has 0 bridgehead atoms. The Hall–Kier alpha value is -1.11. The number of hydrogen-bond donors (Lipinski definition) is 2. The largest absolute Gasteiger partial charge is 0.481 e. The molecule has 0 atom stereocenters. The van der Waals surface area contributed by atoms with E-state index in [4.69, 9.17) is 5.11 Å². The van der Waals surface area contributed by atoms with Crippen LogP contribution in [0.2, 0.25) is 0 Å². The van der Waals surface area contributed by atoms with Crippen LogP contribution in [0.1, 0.15) is 26.2 Å². The summed E-state index contributed by atoms with van der Waals surface area (Å²) >= 11 is 0. The molecule has 1 aliphatic heterocycles. The number of hydrogen-bond acceptors (Lipinski definition) is 3. The highest BCUT2D eigenvalue weighted by Crippen LogP contribution is 2.09. The molecule has 0 aromatic heterocycles. The minimum atomic E-state index is -0.908. The number of urea groups is 1. The van der Waals surface area contributed by atoms with E-state index in [2.05, 4.69) is 5.32 Å². The number of amides is 2. The number of rotatable bonds is 5. The van der Waals surface area contributed by atoms with Crippen LogP contribution in [0.15, 0.2) is 0 Å². The summed E-state index contributed by atoms with van der Waals surface area (Å²) in [4.78, 5) is 23.8. The maximum absolute atomic E-state index is 11.9. The van der Waals surface area contributed by atoms with Crippen molar-refractivity contribution >= 4 is 22.8 Å². The minimum Gasteiger partial charge on any atom is -0.481 e. The zero-order chi connectivity index (χ0) is 13.5. The molecule has 0 spiro atoms. The summed E-state index contributed by atoms with van der Waals surface area (Å²) in [5.41, 5.74) is 0. The molecule has 1 fully saturated rings. The zero-order valence-electron chi connectivity index (χ0n) is 10.6. The first-order valence-corrected chi connectivity index (χ1v) is 7.64. The van der Waals surface area contributed by atoms with Crippen LogP contribution in [0, 0.1) is 0 Å². The summed E-state index contributed by atoms with van der Waals surface area (Å²) in [6.07, 6.45) is 1.42. The number of carboxylic acid groups (broad SMARTS) is 1. The Labute approximate surface area is 109 Å². The molecule has 0 aliphatic carbocycles. The molecule has 2 N–H and O–H groups in total. The topological polar surface area (TPSA) is 86.7 Å². The molecule has 1 aliphatic rings. The van der Waals surface area contributed by atoms with E-state index in [0.717, 1.165) is 12.8 Å². The molecule has 7 heteroatoms. The lowest BCUT2D eigenvalue weighted by Crippen LogP contribution is -2.47. The smallest absolute Gasteiger partial charge is 0.317 e. The molecule has 0 unspecified atom stereocenters. The molecule has 104 valence electrons. The highest BCUT2D eigenvalue weighted by Gasteiger charge is 2.21. The van der Waals surface area contributed by atoms with Crippen LogP contribution in [0.25, 0.3) is 0 Å². The van der Waals surface area contributed by atoms with E-state index in [1.807, 2.05) is 6.92 Å². The van der Waals surface area contributed by atoms with Gasteiger partial charge >= 0.3 is 12.0 Å². The second kappa shape index (κ2) is 7.35. The molecule has 2 amide bonds. The first-order chi connectivity index (χ1) is 8.52. The summed E-state index contributed by atoms with van der Waals surface area (Å²) in [6, 6.07) is -0.162. The van der Waals surface area contributed by atoms with E-state index in [0.29, 0.717) is 18.1 Å². The maximum atomic E-state index is 11.9. The predicted octanol–water partition coefficient (Wildman–Crippen LogP) is 0.404. The van der Waals surface area contributed by atoms with E-state index in [1.165, 1.54) is 4.90 Å². The summed E-state index contributed by atoms with van der Waals surface area (Å²) in [5, 5.41) is 11.5. The molecule has 1 saturated heterocycles. The Kier molecular flexibility index (Phi) is 6.11. The minimum absolute atomic E-state index is 0.0457. The average molecular weight is 276 g/mol. The van der Waals surface area contributed by atoms with Crippen molar-refractivity contribution < 1.29 is 18.9 Å². The van der Waals surface area contributed by atoms with Gasteiger partial charge in [0.15, 0.2) is 0 Å². The van der Waals surface area contributed by atoms with Crippen molar-refractivity contribution in [1.82, 2.24) is 10.2 Å². The second-order valence-electron chi connectivity index (χ2n) is 4.30. The van der Waals surface area contributed by atoms with Gasteiger partial charge in [-0.1, -0.05) is 0 Å². The van der Waals surface area contributed by atoms with Gasteiger partial charge in [0.05, 0.1) is 6.42 Å². The van der Waals surface area contributed by atoms with Crippen LogP contribution in [-0.2, 0) is 15.6 Å². The third kappa shape index (κ3) is 5.03. The van der Waals surface area contributed by atoms with Gasteiger partial charge < -0.3 is 15.3 Å². The molecule has 18 heavy (non-hydrogen) atoms. The summed E-state index contributed by atoms with van der Waals surface area (Å²) in [7, 11) is -0.740. The SMILES string of the molecule is CCN(CCC(=O)O)C(=O)NC1CCS(=O)CC1. The highest BCUT2D eigenvalue weighted by atomic mass is 32.2. The number of carbonyl (C=O) groups excluding carboxylic acids is 1. The van der Waals surface area contributed by atoms with Crippen LogP contribution in [-0.4, -0.2) is 56.9 Å². The third-order valence-corrected chi connectivity index (χ3v) is 4.36. The van der Waals surface area contributed by atoms with Crippen LogP contribution < -0.4 is 5.32 Å². The Balaban J connectivity index is 2.37. The van der Waals surface area contributed by atoms with Crippen molar-refractivity contribution in [3.05, 3.63) is 0 Å². The van der Waals surface area contributed by atoms with Crippen molar-refractivity contribution in [2.24, 2.45) is 0 Å². The molecule has 0 saturated carbocycles. The van der Waals surface area contributed by atoms with E-state index in [1.54, 1.807) is 0 Å². The summed E-state index contributed by atoms with van der Waals surface area (Å²) in [6.45, 7) is 2.52. The fraction of sp³-hybridized carbons (Fsp3) is 0.818. The van der Waals surface area contributed by atoms with Gasteiger partial charge in [0.25, 0.3) is 0 Å². The van der Waals surface area contributed by atoms with Crippen LogP contribution in [0.3, 0.4) is 0 Å². The van der Waals surface area contributed by atoms with Crippen molar-refractivity contribution in [2.45, 2.75) is 32.2 Å². The van der Waals surface area contributed by atoms with Crippen LogP contribution >= 0.6 is 0 Å². The van der Waals surface area contributed by atoms with Crippen LogP contribution in [0.4, 0.5) is 4.79 Å². The zero-order valence-corrected chi connectivity index (χ0v) is 11.4. The Morgan fingerprint density at radius 3 is 2.50 bits per heavy atom. The molecule has 0 aromatic rings. The van der Waals surface area contributed by atoms with Gasteiger partial charge in [-0.2, -0.15) is 0 Å². The molecular formula is C11H20N2O4S. The highest BCUT2D eigenvalue weighted by molar-refractivity contribution is 7.85. The summed E-state index contributed by atoms with van der Waals surface area (Å²) < 4.78 is 11.2. The van der Waals surface area contributed by atoms with Gasteiger partial charge in [0.1, 0.15) is 0 Å². The Bertz CT molecular complexity index is 325. The molecule has 1 rings (SSSR count). The molecule has 1 heterocycles. The monoisotopic (exact) mass is 276 g/mol. The van der Waals surface area contributed by atoms with Crippen molar-refractivity contribution in [1.29, 1.82) is 0 Å². The number of aliphatic carboxylic acids is 1. The van der Waals surface area contributed by atoms with Crippen molar-refractivity contribution in [3.63, 3.8) is 0 Å². The average Bonchev–Trinajstić information content (AvgIpc) is 2.32. The normalized spacial score (nSPS) is 23.4. The molecule has 6 nitrogen and oxygen atoms in total. The Morgan fingerprint density at radius 1 is 1.39 bits per heavy atom. The fourth-order valence-electron chi connectivity index (χ4n) is 1.84. The predicted molar refractivity (Wildman–Crippen MR) is 68.9 cm³/mol. The number of nitrogens with zero attached hydrogens (tertiary/aromatic N) is 1. The molecular weight excluding hydrogens is 256 g/mol. The van der Waals surface area contributed by atoms with Crippen LogP contribution in [0.5, 0.6) is 0 Å². The van der Waals surface area contributed by atoms with Gasteiger partial charge in [-0.25, -0.2) is 4.79 Å². The quantitative estimate of drug-likeness (QED) is 0.761. The van der Waals surface area contributed by atoms with Crippen molar-refractivity contribution in [2.75, 3.05) is 24.6 Å². The number of nitrogens with one attached hydrogen (secondary N) is 1. The van der Waals surface area contributed by atoms with Gasteiger partial charge in [-0.15, -0.1) is 0 Å². The van der Waals surface area contributed by atoms with E-state index in [9.17, 15) is 13.8 Å². The standard InChI is InChI=1S/C11H20N2O4S/c1-2-13(6-3-10(14)15)11(16)12-9-4-7-18(17)8-5-9/h9H,2-8H2,1H3,(H,12,16)(H,14,15). The van der Waals surface area contributed by atoms with Gasteiger partial charge in [0, 0.05) is 41.4 Å². The van der Waals surface area contributed by atoms with E-state index < -0.39 is 16.8 Å². The lowest BCUT2D eigenvalue weighted by Gasteiger charge is -2.27. The second-order valence-corrected chi connectivity index (χ2v) is 5.99. The number of carboxylic acids is 1. The van der Waals surface area contributed by atoms with Gasteiger partial charge in [0.2, 0.25) is 0 Å². The van der Waals surface area contributed by atoms with E-state index >= 15 is 0 Å². The lowest BCUT2D eigenvalue weighted by molar-refractivity contribution is -0.137. The third-order valence-electron chi connectivity index (χ3n) is 2.98. The first kappa shape index (κ1) is 14.9.